The molecule has 46 heavy (non-hydrogen) atoms. The van der Waals surface area contributed by atoms with Crippen LogP contribution >= 0.6 is 0 Å². The zero-order chi connectivity index (χ0) is 35.5. The minimum Gasteiger partial charge on any atom is -0.508 e. The number of unbranched alkanes of at least 4 members (excludes halogenated alkanes) is 1. The highest BCUT2D eigenvalue weighted by Crippen LogP contribution is 2.19. The van der Waals surface area contributed by atoms with E-state index in [-0.39, 0.29) is 25.6 Å². The molecule has 0 saturated heterocycles. The Morgan fingerprint density at radius 3 is 1.85 bits per heavy atom. The first-order chi connectivity index (χ1) is 21.7. The van der Waals surface area contributed by atoms with E-state index in [1.165, 1.54) is 11.1 Å². The SMILES string of the molecule is CCCN=C(N)N.Cc1cc(O)cc(C)c1C.Cc1ccccc1.NCCCC[C@H](NC(=O)CNC(=O)CN)C(=O)NCC(N)=O. The maximum atomic E-state index is 11.9. The number of primary amides is 1. The highest BCUT2D eigenvalue weighted by Gasteiger charge is 2.20. The van der Waals surface area contributed by atoms with Gasteiger partial charge in [-0.3, -0.25) is 24.2 Å². The maximum absolute atomic E-state index is 11.9. The predicted octanol–water partition coefficient (Wildman–Crippen LogP) is 0.259. The summed E-state index contributed by atoms with van der Waals surface area (Å²) in [4.78, 5) is 48.9. The van der Waals surface area contributed by atoms with Crippen LogP contribution in [0.2, 0.25) is 0 Å². The number of nitrogens with one attached hydrogen (secondary N) is 3. The van der Waals surface area contributed by atoms with Crippen molar-refractivity contribution in [3.8, 4) is 5.75 Å². The number of hydrogen-bond donors (Lipinski definition) is 9. The Labute approximate surface area is 272 Å². The van der Waals surface area contributed by atoms with Gasteiger partial charge in [-0.1, -0.05) is 42.8 Å². The minimum absolute atomic E-state index is 0.182. The average molecular weight is 646 g/mol. The summed E-state index contributed by atoms with van der Waals surface area (Å²) in [5.74, 6) is -1.67. The number of nitrogens with zero attached hydrogens (tertiary/aromatic N) is 1. The van der Waals surface area contributed by atoms with Crippen LogP contribution in [0.25, 0.3) is 0 Å². The van der Waals surface area contributed by atoms with E-state index in [0.717, 1.165) is 24.1 Å². The number of amides is 4. The first-order valence-corrected chi connectivity index (χ1v) is 15.0. The molecule has 1 atom stereocenters. The van der Waals surface area contributed by atoms with Gasteiger partial charge < -0.3 is 49.7 Å². The van der Waals surface area contributed by atoms with Gasteiger partial charge in [0.1, 0.15) is 11.8 Å². The summed E-state index contributed by atoms with van der Waals surface area (Å²) in [7, 11) is 0. The first kappa shape index (κ1) is 43.4. The van der Waals surface area contributed by atoms with E-state index in [9.17, 15) is 19.2 Å². The molecule has 0 unspecified atom stereocenters. The molecule has 4 amide bonds. The van der Waals surface area contributed by atoms with Crippen LogP contribution in [0.5, 0.6) is 5.75 Å². The molecule has 2 aromatic carbocycles. The molecule has 14 heteroatoms. The number of hydrogen-bond acceptors (Lipinski definition) is 8. The van der Waals surface area contributed by atoms with E-state index < -0.39 is 29.7 Å². The summed E-state index contributed by atoms with van der Waals surface area (Å²) in [5, 5.41) is 16.2. The predicted molar refractivity (Wildman–Crippen MR) is 184 cm³/mol. The van der Waals surface area contributed by atoms with Crippen molar-refractivity contribution in [2.75, 3.05) is 32.7 Å². The second kappa shape index (κ2) is 26.7. The van der Waals surface area contributed by atoms with Crippen LogP contribution in [0.4, 0.5) is 0 Å². The van der Waals surface area contributed by atoms with Crippen LogP contribution in [0.3, 0.4) is 0 Å². The van der Waals surface area contributed by atoms with Gasteiger partial charge in [0.25, 0.3) is 0 Å². The van der Waals surface area contributed by atoms with E-state index in [2.05, 4.69) is 46.9 Å². The minimum atomic E-state index is -0.826. The molecule has 258 valence electrons. The Bertz CT molecular complexity index is 1180. The van der Waals surface area contributed by atoms with Gasteiger partial charge in [-0.25, -0.2) is 0 Å². The Balaban J connectivity index is 0. The van der Waals surface area contributed by atoms with Crippen molar-refractivity contribution in [2.45, 2.75) is 66.3 Å². The number of phenols is 1. The van der Waals surface area contributed by atoms with E-state index >= 15 is 0 Å². The molecule has 0 bridgehead atoms. The van der Waals surface area contributed by atoms with Gasteiger partial charge >= 0.3 is 0 Å². The van der Waals surface area contributed by atoms with Gasteiger partial charge in [0, 0.05) is 6.54 Å². The molecule has 0 spiro atoms. The van der Waals surface area contributed by atoms with Crippen molar-refractivity contribution in [3.05, 3.63) is 64.7 Å². The van der Waals surface area contributed by atoms with E-state index in [4.69, 9.17) is 33.8 Å². The molecule has 0 saturated carbocycles. The summed E-state index contributed by atoms with van der Waals surface area (Å²) in [6, 6.07) is 13.0. The zero-order valence-corrected chi connectivity index (χ0v) is 27.9. The quantitative estimate of drug-likeness (QED) is 0.0820. The molecule has 0 heterocycles. The number of carbonyl (C=O) groups excluding carboxylic acids is 4. The topological polar surface area (TPSA) is 267 Å². The Morgan fingerprint density at radius 1 is 0.848 bits per heavy atom. The first-order valence-electron chi connectivity index (χ1n) is 15.0. The molecule has 0 aliphatic carbocycles. The molecular formula is C32H55N9O5. The van der Waals surface area contributed by atoms with E-state index in [1.54, 1.807) is 12.1 Å². The monoisotopic (exact) mass is 645 g/mol. The lowest BCUT2D eigenvalue weighted by molar-refractivity contribution is -0.130. The molecule has 0 aliphatic heterocycles. The molecule has 14 N–H and O–H groups in total. The van der Waals surface area contributed by atoms with Crippen molar-refractivity contribution in [1.29, 1.82) is 0 Å². The van der Waals surface area contributed by atoms with E-state index in [1.807, 2.05) is 39.0 Å². The number of rotatable bonds is 13. The lowest BCUT2D eigenvalue weighted by Gasteiger charge is -2.18. The lowest BCUT2D eigenvalue weighted by Crippen LogP contribution is -2.51. The highest BCUT2D eigenvalue weighted by atomic mass is 16.3. The Morgan fingerprint density at radius 2 is 1.43 bits per heavy atom. The molecular weight excluding hydrogens is 590 g/mol. The summed E-state index contributed by atoms with van der Waals surface area (Å²) in [6.45, 7) is 10.5. The number of aliphatic imine (C=N–C) groups is 1. The number of aromatic hydroxyl groups is 1. The number of aryl methyl sites for hydroxylation is 3. The normalized spacial score (nSPS) is 10.2. The summed E-state index contributed by atoms with van der Waals surface area (Å²) in [5.41, 5.74) is 30.3. The van der Waals surface area contributed by atoms with Crippen LogP contribution < -0.4 is 44.6 Å². The van der Waals surface area contributed by atoms with Crippen LogP contribution in [0.15, 0.2) is 47.5 Å². The fraction of sp³-hybridized carbons (Fsp3) is 0.469. The van der Waals surface area contributed by atoms with Crippen molar-refractivity contribution in [3.63, 3.8) is 0 Å². The number of phenolic OH excluding ortho intramolecular Hbond substituents is 1. The molecule has 0 aromatic heterocycles. The molecule has 2 rings (SSSR count). The van der Waals surface area contributed by atoms with Crippen LogP contribution in [-0.2, 0) is 19.2 Å². The number of guanidine groups is 1. The summed E-state index contributed by atoms with van der Waals surface area (Å²) in [6.07, 6.45) is 2.68. The summed E-state index contributed by atoms with van der Waals surface area (Å²) < 4.78 is 0. The van der Waals surface area contributed by atoms with Crippen molar-refractivity contribution in [2.24, 2.45) is 33.7 Å². The largest absolute Gasteiger partial charge is 0.508 e. The van der Waals surface area contributed by atoms with Gasteiger partial charge in [-0.05, 0) is 88.7 Å². The fourth-order valence-corrected chi connectivity index (χ4v) is 3.34. The summed E-state index contributed by atoms with van der Waals surface area (Å²) >= 11 is 0. The van der Waals surface area contributed by atoms with Gasteiger partial charge in [0.15, 0.2) is 5.96 Å². The second-order valence-electron chi connectivity index (χ2n) is 10.2. The van der Waals surface area contributed by atoms with Gasteiger partial charge in [0.05, 0.1) is 19.6 Å². The molecule has 2 aromatic rings. The second-order valence-corrected chi connectivity index (χ2v) is 10.2. The van der Waals surface area contributed by atoms with Crippen LogP contribution in [0.1, 0.15) is 54.9 Å². The number of benzene rings is 2. The third-order valence-electron chi connectivity index (χ3n) is 6.04. The third kappa shape index (κ3) is 24.7. The molecule has 0 aliphatic rings. The van der Waals surface area contributed by atoms with Gasteiger partial charge in [-0.2, -0.15) is 0 Å². The van der Waals surface area contributed by atoms with Crippen molar-refractivity contribution < 1.29 is 24.3 Å². The zero-order valence-electron chi connectivity index (χ0n) is 27.9. The number of nitrogens with two attached hydrogens (primary N) is 5. The van der Waals surface area contributed by atoms with Crippen molar-refractivity contribution in [1.82, 2.24) is 16.0 Å². The third-order valence-corrected chi connectivity index (χ3v) is 6.04. The highest BCUT2D eigenvalue weighted by molar-refractivity contribution is 5.91. The molecule has 0 fully saturated rings. The molecule has 14 nitrogen and oxygen atoms in total. The number of carbonyl (C=O) groups is 4. The van der Waals surface area contributed by atoms with Crippen LogP contribution in [0, 0.1) is 27.7 Å². The average Bonchev–Trinajstić information content (AvgIpc) is 3.01. The van der Waals surface area contributed by atoms with Crippen LogP contribution in [-0.4, -0.2) is 73.5 Å². The Kier molecular flexibility index (Phi) is 25.2. The lowest BCUT2D eigenvalue weighted by atomic mass is 10.0. The van der Waals surface area contributed by atoms with Gasteiger partial charge in [0.2, 0.25) is 23.6 Å². The molecule has 0 radical (unpaired) electrons. The smallest absolute Gasteiger partial charge is 0.243 e. The fourth-order valence-electron chi connectivity index (χ4n) is 3.34. The maximum Gasteiger partial charge on any atom is 0.243 e. The Hall–Kier alpha value is -4.69. The van der Waals surface area contributed by atoms with Crippen molar-refractivity contribution >= 4 is 29.6 Å². The van der Waals surface area contributed by atoms with E-state index in [0.29, 0.717) is 31.6 Å². The standard InChI is InChI=1S/C12H24N6O4.C9H12O.C7H8.C4H11N3/c13-4-2-1-3-8(12(22)17-6-9(15)19)18-11(21)7-16-10(20)5-14;1-6-4-9(10)5-7(2)8(6)3;1-7-5-3-2-4-6-7;1-2-3-7-4(5)6/h8H,1-7,13-14H2,(H2,15,19)(H,16,20)(H,17,22)(H,18,21);4-5,10H,1-3H3;2-6H,1H3;2-3H2,1H3,(H4,5,6,7)/t8-;;;/m0.../s1. The van der Waals surface area contributed by atoms with Gasteiger partial charge in [-0.15, -0.1) is 0 Å².